The first-order valence-corrected chi connectivity index (χ1v) is 45.2. The zero-order valence-electron chi connectivity index (χ0n) is 65.3. The summed E-state index contributed by atoms with van der Waals surface area (Å²) in [5, 5.41) is 10.6. The highest BCUT2D eigenvalue weighted by molar-refractivity contribution is 7.47. The van der Waals surface area contributed by atoms with Gasteiger partial charge in [0.15, 0.2) is 12.2 Å². The van der Waals surface area contributed by atoms with E-state index in [-0.39, 0.29) is 25.7 Å². The summed E-state index contributed by atoms with van der Waals surface area (Å²) in [6.07, 6.45) is 65.3. The molecule has 0 aromatic heterocycles. The van der Waals surface area contributed by atoms with Crippen LogP contribution in [0.4, 0.5) is 0 Å². The second-order valence-electron chi connectivity index (χ2n) is 29.4. The molecule has 0 aliphatic carbocycles. The normalized spacial score (nSPS) is 14.1. The summed E-state index contributed by atoms with van der Waals surface area (Å²) >= 11 is 0. The lowest BCUT2D eigenvalue weighted by molar-refractivity contribution is -0.161. The van der Waals surface area contributed by atoms with Crippen LogP contribution in [0.1, 0.15) is 433 Å². The van der Waals surface area contributed by atoms with Gasteiger partial charge < -0.3 is 33.8 Å². The molecular formula is C81H158O17P2. The number of hydrogen-bond acceptors (Lipinski definition) is 15. The zero-order chi connectivity index (χ0) is 73.4. The number of carbonyl (C=O) groups excluding carboxylic acids is 4. The average molecular weight is 1470 g/mol. The number of hydrogen-bond donors (Lipinski definition) is 3. The van der Waals surface area contributed by atoms with Gasteiger partial charge in [0.25, 0.3) is 0 Å². The maximum Gasteiger partial charge on any atom is 0.472 e. The summed E-state index contributed by atoms with van der Waals surface area (Å²) < 4.78 is 68.6. The monoisotopic (exact) mass is 1470 g/mol. The van der Waals surface area contributed by atoms with E-state index in [2.05, 4.69) is 34.6 Å². The molecule has 0 aromatic carbocycles. The van der Waals surface area contributed by atoms with Crippen molar-refractivity contribution in [3.8, 4) is 0 Å². The SMILES string of the molecule is CCCCCCCCCCCCCCCCCCCCCCCCC(=O)O[C@H](COC(=O)CCCCCCCCCCCCCCCCCC)COP(=O)(O)OC[C@@H](O)COP(=O)(O)OC[C@@H](COC(=O)CCCCCCCCCC)OC(=O)CCCCCCCCCCCCC(C)CC. The molecule has 0 spiro atoms. The summed E-state index contributed by atoms with van der Waals surface area (Å²) in [5.74, 6) is -1.31. The van der Waals surface area contributed by atoms with E-state index in [0.29, 0.717) is 25.7 Å². The third-order valence-corrected chi connectivity index (χ3v) is 21.3. The van der Waals surface area contributed by atoms with Crippen LogP contribution in [0.5, 0.6) is 0 Å². The molecule has 0 aliphatic heterocycles. The molecular weight excluding hydrogens is 1310 g/mol. The highest BCUT2D eigenvalue weighted by Crippen LogP contribution is 2.45. The van der Waals surface area contributed by atoms with Gasteiger partial charge >= 0.3 is 39.5 Å². The van der Waals surface area contributed by atoms with Gasteiger partial charge in [0.2, 0.25) is 0 Å². The molecule has 0 amide bonds. The lowest BCUT2D eigenvalue weighted by Crippen LogP contribution is -2.30. The summed E-state index contributed by atoms with van der Waals surface area (Å²) in [6, 6.07) is 0. The minimum absolute atomic E-state index is 0.107. The molecule has 100 heavy (non-hydrogen) atoms. The van der Waals surface area contributed by atoms with Crippen molar-refractivity contribution < 1.29 is 80.2 Å². The first-order chi connectivity index (χ1) is 48.6. The summed E-state index contributed by atoms with van der Waals surface area (Å²) in [6.45, 7) is 7.32. The molecule has 0 aliphatic rings. The van der Waals surface area contributed by atoms with Crippen LogP contribution in [0.15, 0.2) is 0 Å². The second-order valence-corrected chi connectivity index (χ2v) is 32.3. The van der Waals surface area contributed by atoms with Gasteiger partial charge in [-0.2, -0.15) is 0 Å². The van der Waals surface area contributed by atoms with E-state index in [9.17, 15) is 43.2 Å². The van der Waals surface area contributed by atoms with Crippen LogP contribution in [0.3, 0.4) is 0 Å². The van der Waals surface area contributed by atoms with Crippen LogP contribution in [-0.4, -0.2) is 96.7 Å². The van der Waals surface area contributed by atoms with Gasteiger partial charge in [0, 0.05) is 25.7 Å². The number of ether oxygens (including phenoxy) is 4. The third-order valence-electron chi connectivity index (χ3n) is 19.4. The molecule has 3 N–H and O–H groups in total. The standard InChI is InChI=1S/C81H158O17P2/c1-6-10-13-16-19-22-24-26-28-30-31-32-33-34-35-37-39-41-46-51-56-61-66-80(85)98-77(71-92-79(84)65-60-55-50-45-40-38-36-29-27-25-23-20-17-14-11-7-2)73-96-100(89,90)94-69-75(82)68-93-99(87,88)95-72-76(70-91-78(83)64-59-54-49-21-18-15-12-8-3)97-81(86)67-62-57-52-47-43-42-44-48-53-58-63-74(5)9-4/h74-77,82H,6-73H2,1-5H3,(H,87,88)(H,89,90)/t74?,75-,76+,77+/m0/s1. The highest BCUT2D eigenvalue weighted by Gasteiger charge is 2.30. The van der Waals surface area contributed by atoms with Crippen molar-refractivity contribution in [2.75, 3.05) is 39.6 Å². The zero-order valence-corrected chi connectivity index (χ0v) is 67.1. The predicted octanol–water partition coefficient (Wildman–Crippen LogP) is 24.4. The Morgan fingerprint density at radius 1 is 0.280 bits per heavy atom. The molecule has 19 heteroatoms. The largest absolute Gasteiger partial charge is 0.472 e. The highest BCUT2D eigenvalue weighted by atomic mass is 31.2. The number of unbranched alkanes of at least 4 members (excludes halogenated alkanes) is 52. The van der Waals surface area contributed by atoms with Crippen LogP contribution in [0.25, 0.3) is 0 Å². The molecule has 0 rings (SSSR count). The molecule has 0 saturated heterocycles. The van der Waals surface area contributed by atoms with Crippen molar-refractivity contribution in [1.29, 1.82) is 0 Å². The van der Waals surface area contributed by atoms with E-state index >= 15 is 0 Å². The number of carbonyl (C=O) groups is 4. The molecule has 0 fully saturated rings. The Morgan fingerprint density at radius 3 is 0.710 bits per heavy atom. The summed E-state index contributed by atoms with van der Waals surface area (Å²) in [4.78, 5) is 72.9. The average Bonchev–Trinajstić information content (AvgIpc) is 0.935. The van der Waals surface area contributed by atoms with Gasteiger partial charge in [0.05, 0.1) is 26.4 Å². The quantitative estimate of drug-likeness (QED) is 0.0222. The van der Waals surface area contributed by atoms with Crippen LogP contribution >= 0.6 is 15.6 Å². The fraction of sp³-hybridized carbons (Fsp3) is 0.951. The van der Waals surface area contributed by atoms with Crippen molar-refractivity contribution in [2.24, 2.45) is 5.92 Å². The van der Waals surface area contributed by atoms with Gasteiger partial charge in [-0.3, -0.25) is 37.3 Å². The molecule has 0 radical (unpaired) electrons. The Kier molecular flexibility index (Phi) is 72.5. The van der Waals surface area contributed by atoms with E-state index in [1.54, 1.807) is 0 Å². The minimum atomic E-state index is -4.96. The Bertz CT molecular complexity index is 1910. The van der Waals surface area contributed by atoms with Gasteiger partial charge in [-0.15, -0.1) is 0 Å². The fourth-order valence-electron chi connectivity index (χ4n) is 12.6. The first-order valence-electron chi connectivity index (χ1n) is 42.2. The number of aliphatic hydroxyl groups is 1. The number of phosphoric ester groups is 2. The van der Waals surface area contributed by atoms with E-state index in [1.807, 2.05) is 0 Å². The summed E-state index contributed by atoms with van der Waals surface area (Å²) in [5.41, 5.74) is 0. The van der Waals surface area contributed by atoms with E-state index < -0.39 is 97.5 Å². The van der Waals surface area contributed by atoms with Gasteiger partial charge in [-0.25, -0.2) is 9.13 Å². The Morgan fingerprint density at radius 2 is 0.480 bits per heavy atom. The van der Waals surface area contributed by atoms with Crippen LogP contribution in [-0.2, 0) is 65.4 Å². The van der Waals surface area contributed by atoms with Crippen molar-refractivity contribution in [2.45, 2.75) is 451 Å². The minimum Gasteiger partial charge on any atom is -0.462 e. The predicted molar refractivity (Wildman–Crippen MR) is 409 cm³/mol. The van der Waals surface area contributed by atoms with E-state index in [4.69, 9.17) is 37.0 Å². The number of esters is 4. The van der Waals surface area contributed by atoms with Crippen molar-refractivity contribution in [3.05, 3.63) is 0 Å². The fourth-order valence-corrected chi connectivity index (χ4v) is 14.1. The van der Waals surface area contributed by atoms with Crippen LogP contribution in [0, 0.1) is 5.92 Å². The van der Waals surface area contributed by atoms with Gasteiger partial charge in [0.1, 0.15) is 19.3 Å². The molecule has 594 valence electrons. The summed E-state index contributed by atoms with van der Waals surface area (Å²) in [7, 11) is -9.91. The lowest BCUT2D eigenvalue weighted by atomic mass is 9.99. The van der Waals surface area contributed by atoms with Crippen LogP contribution in [0.2, 0.25) is 0 Å². The topological polar surface area (TPSA) is 237 Å². The number of phosphoric acid groups is 2. The van der Waals surface area contributed by atoms with Crippen molar-refractivity contribution >= 4 is 39.5 Å². The number of rotatable bonds is 81. The van der Waals surface area contributed by atoms with E-state index in [1.165, 1.54) is 250 Å². The lowest BCUT2D eigenvalue weighted by Gasteiger charge is -2.21. The Hall–Kier alpha value is -1.94. The number of aliphatic hydroxyl groups excluding tert-OH is 1. The third kappa shape index (κ3) is 73.0. The van der Waals surface area contributed by atoms with Crippen molar-refractivity contribution in [1.82, 2.24) is 0 Å². The van der Waals surface area contributed by atoms with Gasteiger partial charge in [-0.05, 0) is 31.6 Å². The van der Waals surface area contributed by atoms with Gasteiger partial charge in [-0.1, -0.05) is 381 Å². The maximum absolute atomic E-state index is 13.1. The molecule has 0 aromatic rings. The molecule has 0 saturated carbocycles. The first kappa shape index (κ1) is 98.1. The molecule has 0 heterocycles. The molecule has 6 atom stereocenters. The Balaban J connectivity index is 5.18. The molecule has 0 bridgehead atoms. The maximum atomic E-state index is 13.1. The second kappa shape index (κ2) is 73.9. The van der Waals surface area contributed by atoms with Crippen LogP contribution < -0.4 is 0 Å². The molecule has 3 unspecified atom stereocenters. The van der Waals surface area contributed by atoms with E-state index in [0.717, 1.165) is 102 Å². The molecule has 17 nitrogen and oxygen atoms in total. The Labute approximate surface area is 613 Å². The van der Waals surface area contributed by atoms with Crippen molar-refractivity contribution in [3.63, 3.8) is 0 Å². The smallest absolute Gasteiger partial charge is 0.462 e.